The van der Waals surface area contributed by atoms with Gasteiger partial charge in [-0.2, -0.15) is 0 Å². The first-order valence-corrected chi connectivity index (χ1v) is 15.4. The number of phenolic OH excluding ortho intramolecular Hbond substituents is 1. The van der Waals surface area contributed by atoms with Crippen molar-refractivity contribution in [1.82, 2.24) is 5.32 Å². The molecule has 9 heteroatoms. The summed E-state index contributed by atoms with van der Waals surface area (Å²) in [6.45, 7) is 0.205. The van der Waals surface area contributed by atoms with Gasteiger partial charge in [0, 0.05) is 12.0 Å². The second-order valence-electron chi connectivity index (χ2n) is 11.3. The summed E-state index contributed by atoms with van der Waals surface area (Å²) < 4.78 is 6.05. The van der Waals surface area contributed by atoms with E-state index in [0.29, 0.717) is 24.9 Å². The Kier molecular flexibility index (Phi) is 10.8. The summed E-state index contributed by atoms with van der Waals surface area (Å²) in [4.78, 5) is 38.4. The maximum Gasteiger partial charge on any atom is 0.326 e. The van der Waals surface area contributed by atoms with Gasteiger partial charge in [0.1, 0.15) is 17.5 Å². The Balaban J connectivity index is 1.29. The normalized spacial score (nSPS) is 12.2. The molecule has 0 heterocycles. The number of aryl methyl sites for hydroxylation is 1. The van der Waals surface area contributed by atoms with Gasteiger partial charge in [0.2, 0.25) is 5.91 Å². The van der Waals surface area contributed by atoms with Crippen molar-refractivity contribution in [1.29, 1.82) is 0 Å². The van der Waals surface area contributed by atoms with Crippen LogP contribution < -0.4 is 21.1 Å². The number of amides is 2. The summed E-state index contributed by atoms with van der Waals surface area (Å²) >= 11 is 0. The van der Waals surface area contributed by atoms with Crippen LogP contribution in [0.4, 0.5) is 5.69 Å². The number of carbonyl (C=O) groups excluding carboxylic acids is 2. The Morgan fingerprint density at radius 2 is 1.43 bits per heavy atom. The van der Waals surface area contributed by atoms with Gasteiger partial charge in [-0.15, -0.1) is 0 Å². The minimum atomic E-state index is -1.14. The number of rotatable bonds is 14. The monoisotopic (exact) mass is 631 g/mol. The molecule has 0 saturated carbocycles. The smallest absolute Gasteiger partial charge is 0.326 e. The van der Waals surface area contributed by atoms with E-state index in [-0.39, 0.29) is 30.1 Å². The van der Waals surface area contributed by atoms with Crippen molar-refractivity contribution in [2.75, 3.05) is 11.9 Å². The highest BCUT2D eigenvalue weighted by Gasteiger charge is 2.22. The van der Waals surface area contributed by atoms with Crippen LogP contribution in [-0.4, -0.2) is 46.7 Å². The average Bonchev–Trinajstić information content (AvgIpc) is 3.08. The predicted octanol–water partition coefficient (Wildman–Crippen LogP) is 5.49. The van der Waals surface area contributed by atoms with Gasteiger partial charge in [-0.1, -0.05) is 84.9 Å². The van der Waals surface area contributed by atoms with Crippen molar-refractivity contribution in [2.24, 2.45) is 5.73 Å². The average molecular weight is 632 g/mol. The van der Waals surface area contributed by atoms with Crippen molar-refractivity contribution in [3.05, 3.63) is 138 Å². The van der Waals surface area contributed by atoms with E-state index in [0.717, 1.165) is 27.5 Å². The molecule has 9 nitrogen and oxygen atoms in total. The predicted molar refractivity (Wildman–Crippen MR) is 182 cm³/mol. The van der Waals surface area contributed by atoms with Crippen LogP contribution in [0, 0.1) is 0 Å². The highest BCUT2D eigenvalue weighted by Crippen LogP contribution is 2.27. The highest BCUT2D eigenvalue weighted by molar-refractivity contribution is 6.00. The molecule has 5 aromatic carbocycles. The number of fused-ring (bicyclic) bond motifs is 1. The molecule has 0 fully saturated rings. The fraction of sp³-hybridized carbons (Fsp3) is 0.184. The third kappa shape index (κ3) is 9.18. The summed E-state index contributed by atoms with van der Waals surface area (Å²) in [6.07, 6.45) is 1.50. The molecule has 2 amide bonds. The van der Waals surface area contributed by atoms with E-state index in [1.807, 2.05) is 72.8 Å². The molecule has 0 aliphatic carbocycles. The third-order valence-electron chi connectivity index (χ3n) is 7.86. The summed E-state index contributed by atoms with van der Waals surface area (Å²) in [5.41, 5.74) is 9.63. The lowest BCUT2D eigenvalue weighted by atomic mass is 10.0. The van der Waals surface area contributed by atoms with Gasteiger partial charge in [-0.05, 0) is 77.1 Å². The molecule has 240 valence electrons. The third-order valence-corrected chi connectivity index (χ3v) is 7.86. The number of aliphatic carboxylic acids is 1. The number of hydrogen-bond acceptors (Lipinski definition) is 6. The molecular formula is C38H37N3O6. The number of benzene rings is 5. The van der Waals surface area contributed by atoms with E-state index >= 15 is 0 Å². The lowest BCUT2D eigenvalue weighted by molar-refractivity contribution is -0.139. The zero-order valence-electron chi connectivity index (χ0n) is 25.8. The first kappa shape index (κ1) is 32.7. The number of aromatic hydroxyl groups is 1. The van der Waals surface area contributed by atoms with Gasteiger partial charge in [-0.3, -0.25) is 9.59 Å². The van der Waals surface area contributed by atoms with Crippen LogP contribution in [0.1, 0.15) is 33.5 Å². The maximum atomic E-state index is 13.2. The van der Waals surface area contributed by atoms with E-state index in [4.69, 9.17) is 10.5 Å². The largest absolute Gasteiger partial charge is 0.508 e. The Labute approximate surface area is 273 Å². The summed E-state index contributed by atoms with van der Waals surface area (Å²) in [5, 5.41) is 27.0. The topological polar surface area (TPSA) is 151 Å². The minimum Gasteiger partial charge on any atom is -0.508 e. The fourth-order valence-corrected chi connectivity index (χ4v) is 5.22. The second-order valence-corrected chi connectivity index (χ2v) is 11.3. The van der Waals surface area contributed by atoms with Gasteiger partial charge in [-0.25, -0.2) is 4.79 Å². The van der Waals surface area contributed by atoms with Crippen molar-refractivity contribution in [3.63, 3.8) is 0 Å². The van der Waals surface area contributed by atoms with E-state index in [1.165, 1.54) is 12.1 Å². The summed E-state index contributed by atoms with van der Waals surface area (Å²) in [6, 6.07) is 32.6. The van der Waals surface area contributed by atoms with Crippen LogP contribution in [0.3, 0.4) is 0 Å². The SMILES string of the molecule is N[C@@H](Cc1ccc2ccccc2c1)C(=O)Nc1ccc(C(=O)N[C@@H](CCc2ccccc2)C(=O)O)cc1OCCc1ccc(O)cc1. The van der Waals surface area contributed by atoms with Crippen LogP contribution in [0.5, 0.6) is 11.5 Å². The number of nitrogens with two attached hydrogens (primary N) is 1. The van der Waals surface area contributed by atoms with Gasteiger partial charge in [0.05, 0.1) is 18.3 Å². The number of nitrogens with one attached hydrogen (secondary N) is 2. The molecule has 0 bridgehead atoms. The number of ether oxygens (including phenoxy) is 1. The molecule has 0 unspecified atom stereocenters. The quantitative estimate of drug-likeness (QED) is 0.109. The number of phenols is 1. The molecule has 2 atom stereocenters. The Bertz CT molecular complexity index is 1840. The van der Waals surface area contributed by atoms with Crippen LogP contribution in [0.2, 0.25) is 0 Å². The lowest BCUT2D eigenvalue weighted by Crippen LogP contribution is -2.41. The number of carbonyl (C=O) groups is 3. The molecule has 47 heavy (non-hydrogen) atoms. The van der Waals surface area contributed by atoms with Crippen LogP contribution in [-0.2, 0) is 28.9 Å². The molecular weight excluding hydrogens is 594 g/mol. The zero-order valence-corrected chi connectivity index (χ0v) is 25.8. The standard InChI is InChI=1S/C38H37N3O6/c39-32(23-27-10-14-28-8-4-5-9-29(28)22-27)37(44)40-33-19-15-30(24-35(33)47-21-20-26-11-16-31(42)17-12-26)36(43)41-34(38(45)46)18-13-25-6-2-1-3-7-25/h1-12,14-17,19,22,24,32,34,42H,13,18,20-21,23,39H2,(H,40,44)(H,41,43)(H,45,46)/t32-,34-/m0/s1. The minimum absolute atomic E-state index is 0.154. The van der Waals surface area contributed by atoms with Gasteiger partial charge in [0.15, 0.2) is 0 Å². The maximum absolute atomic E-state index is 13.2. The number of anilines is 1. The Morgan fingerprint density at radius 1 is 0.745 bits per heavy atom. The zero-order chi connectivity index (χ0) is 33.2. The van der Waals surface area contributed by atoms with Gasteiger partial charge >= 0.3 is 5.97 Å². The number of carboxylic acids is 1. The number of carboxylic acid groups (broad SMARTS) is 1. The Hall–Kier alpha value is -5.67. The molecule has 5 rings (SSSR count). The number of hydrogen-bond donors (Lipinski definition) is 5. The van der Waals surface area contributed by atoms with E-state index < -0.39 is 29.9 Å². The van der Waals surface area contributed by atoms with Crippen molar-refractivity contribution in [2.45, 2.75) is 37.8 Å². The second kappa shape index (κ2) is 15.6. The van der Waals surface area contributed by atoms with Crippen LogP contribution >= 0.6 is 0 Å². The molecule has 0 aliphatic heterocycles. The van der Waals surface area contributed by atoms with Gasteiger partial charge < -0.3 is 31.3 Å². The summed E-state index contributed by atoms with van der Waals surface area (Å²) in [7, 11) is 0. The van der Waals surface area contributed by atoms with E-state index in [1.54, 1.807) is 30.3 Å². The molecule has 0 saturated heterocycles. The molecule has 0 aliphatic rings. The highest BCUT2D eigenvalue weighted by atomic mass is 16.5. The fourth-order valence-electron chi connectivity index (χ4n) is 5.22. The molecule has 0 spiro atoms. The van der Waals surface area contributed by atoms with Crippen molar-refractivity contribution < 1.29 is 29.3 Å². The first-order chi connectivity index (χ1) is 22.7. The van der Waals surface area contributed by atoms with Crippen LogP contribution in [0.15, 0.2) is 115 Å². The van der Waals surface area contributed by atoms with Crippen LogP contribution in [0.25, 0.3) is 10.8 Å². The van der Waals surface area contributed by atoms with Gasteiger partial charge in [0.25, 0.3) is 5.91 Å². The first-order valence-electron chi connectivity index (χ1n) is 15.4. The molecule has 5 aromatic rings. The van der Waals surface area contributed by atoms with E-state index in [9.17, 15) is 24.6 Å². The molecule has 6 N–H and O–H groups in total. The lowest BCUT2D eigenvalue weighted by Gasteiger charge is -2.18. The molecule has 0 aromatic heterocycles. The van der Waals surface area contributed by atoms with Crippen molar-refractivity contribution >= 4 is 34.2 Å². The summed E-state index contributed by atoms with van der Waals surface area (Å²) in [5.74, 6) is -1.75. The van der Waals surface area contributed by atoms with E-state index in [2.05, 4.69) is 10.6 Å². The Morgan fingerprint density at radius 3 is 2.17 bits per heavy atom. The molecule has 0 radical (unpaired) electrons. The van der Waals surface area contributed by atoms with Crippen molar-refractivity contribution in [3.8, 4) is 11.5 Å².